The number of aryl methyl sites for hydroxylation is 1. The van der Waals surface area contributed by atoms with Gasteiger partial charge in [-0.05, 0) is 31.0 Å². The van der Waals surface area contributed by atoms with Crippen LogP contribution in [0.2, 0.25) is 0 Å². The van der Waals surface area contributed by atoms with Gasteiger partial charge in [0, 0.05) is 11.8 Å². The maximum absolute atomic E-state index is 13.2. The van der Waals surface area contributed by atoms with E-state index in [2.05, 4.69) is 5.32 Å². The molecule has 5 heteroatoms. The highest BCUT2D eigenvalue weighted by molar-refractivity contribution is 5.93. The summed E-state index contributed by atoms with van der Waals surface area (Å²) in [6.45, 7) is 3.10. The fourth-order valence-corrected chi connectivity index (χ4v) is 1.27. The first-order chi connectivity index (χ1) is 9.02. The first-order valence-corrected chi connectivity index (χ1v) is 5.92. The maximum Gasteiger partial charge on any atom is 0.330 e. The van der Waals surface area contributed by atoms with Gasteiger partial charge in [-0.2, -0.15) is 0 Å². The highest BCUT2D eigenvalue weighted by Gasteiger charge is 2.06. The van der Waals surface area contributed by atoms with Crippen LogP contribution in [0.4, 0.5) is 10.1 Å². The van der Waals surface area contributed by atoms with E-state index in [9.17, 15) is 14.0 Å². The van der Waals surface area contributed by atoms with Crippen molar-refractivity contribution < 1.29 is 18.7 Å². The van der Waals surface area contributed by atoms with E-state index in [0.717, 1.165) is 0 Å². The number of halogens is 1. The summed E-state index contributed by atoms with van der Waals surface area (Å²) in [5.74, 6) is -1.49. The van der Waals surface area contributed by atoms with Crippen LogP contribution in [0.25, 0.3) is 0 Å². The minimum Gasteiger partial charge on any atom is -0.452 e. The van der Waals surface area contributed by atoms with Gasteiger partial charge in [0.05, 0.1) is 0 Å². The van der Waals surface area contributed by atoms with Crippen molar-refractivity contribution in [1.29, 1.82) is 0 Å². The van der Waals surface area contributed by atoms with Crippen molar-refractivity contribution in [3.05, 3.63) is 41.7 Å². The molecule has 102 valence electrons. The molecule has 0 saturated carbocycles. The number of ether oxygens (including phenoxy) is 1. The minimum absolute atomic E-state index is 0.327. The van der Waals surface area contributed by atoms with Gasteiger partial charge in [-0.1, -0.05) is 19.1 Å². The number of benzene rings is 1. The van der Waals surface area contributed by atoms with Gasteiger partial charge in [-0.3, -0.25) is 4.79 Å². The molecule has 1 amide bonds. The molecule has 0 aliphatic rings. The minimum atomic E-state index is -0.577. The van der Waals surface area contributed by atoms with Crippen LogP contribution in [0.15, 0.2) is 30.4 Å². The lowest BCUT2D eigenvalue weighted by Gasteiger charge is -2.06. The zero-order chi connectivity index (χ0) is 14.3. The molecular weight excluding hydrogens is 249 g/mol. The zero-order valence-electron chi connectivity index (χ0n) is 10.9. The predicted molar refractivity (Wildman–Crippen MR) is 70.2 cm³/mol. The summed E-state index contributed by atoms with van der Waals surface area (Å²) in [7, 11) is 0. The van der Waals surface area contributed by atoms with Gasteiger partial charge < -0.3 is 10.1 Å². The molecule has 0 aliphatic carbocycles. The quantitative estimate of drug-likeness (QED) is 0.657. The van der Waals surface area contributed by atoms with Gasteiger partial charge in [0.1, 0.15) is 5.82 Å². The Morgan fingerprint density at radius 1 is 1.42 bits per heavy atom. The second-order valence-electron chi connectivity index (χ2n) is 3.93. The van der Waals surface area contributed by atoms with Crippen molar-refractivity contribution in [1.82, 2.24) is 0 Å². The van der Waals surface area contributed by atoms with Crippen molar-refractivity contribution in [3.63, 3.8) is 0 Å². The predicted octanol–water partition coefficient (Wildman–Crippen LogP) is 2.58. The Kier molecular flexibility index (Phi) is 5.73. The topological polar surface area (TPSA) is 55.4 Å². The summed E-state index contributed by atoms with van der Waals surface area (Å²) >= 11 is 0. The Morgan fingerprint density at radius 3 is 2.79 bits per heavy atom. The Bertz CT molecular complexity index is 497. The largest absolute Gasteiger partial charge is 0.452 e. The molecule has 0 heterocycles. The van der Waals surface area contributed by atoms with E-state index in [1.54, 1.807) is 25.1 Å². The highest BCUT2D eigenvalue weighted by atomic mass is 19.1. The summed E-state index contributed by atoms with van der Waals surface area (Å²) in [6.07, 6.45) is 3.61. The third kappa shape index (κ3) is 5.33. The molecule has 0 aliphatic heterocycles. The fraction of sp³-hybridized carbons (Fsp3) is 0.286. The van der Waals surface area contributed by atoms with E-state index in [0.29, 0.717) is 17.7 Å². The Balaban J connectivity index is 2.45. The summed E-state index contributed by atoms with van der Waals surface area (Å²) in [4.78, 5) is 22.6. The number of carbonyl (C=O) groups excluding carboxylic acids is 2. The Labute approximate surface area is 111 Å². The molecule has 1 N–H and O–H groups in total. The van der Waals surface area contributed by atoms with Gasteiger partial charge in [0.2, 0.25) is 0 Å². The maximum atomic E-state index is 13.2. The van der Waals surface area contributed by atoms with Crippen molar-refractivity contribution in [2.24, 2.45) is 0 Å². The number of anilines is 1. The van der Waals surface area contributed by atoms with E-state index in [-0.39, 0.29) is 0 Å². The smallest absolute Gasteiger partial charge is 0.330 e. The second kappa shape index (κ2) is 7.31. The van der Waals surface area contributed by atoms with E-state index in [1.807, 2.05) is 6.92 Å². The molecule has 1 aromatic carbocycles. The normalized spacial score (nSPS) is 10.5. The van der Waals surface area contributed by atoms with Gasteiger partial charge in [-0.15, -0.1) is 0 Å². The molecule has 0 bridgehead atoms. The van der Waals surface area contributed by atoms with Crippen LogP contribution < -0.4 is 5.32 Å². The molecule has 1 aromatic rings. The molecular formula is C14H16FNO3. The first-order valence-electron chi connectivity index (χ1n) is 5.92. The third-order valence-corrected chi connectivity index (χ3v) is 2.29. The van der Waals surface area contributed by atoms with Crippen LogP contribution in [0.3, 0.4) is 0 Å². The Morgan fingerprint density at radius 2 is 2.16 bits per heavy atom. The van der Waals surface area contributed by atoms with Crippen molar-refractivity contribution >= 4 is 17.6 Å². The summed E-state index contributed by atoms with van der Waals surface area (Å²) in [5.41, 5.74) is 0.822. The Hall–Kier alpha value is -2.17. The molecule has 0 aromatic heterocycles. The number of carbonyl (C=O) groups is 2. The van der Waals surface area contributed by atoms with Crippen LogP contribution in [0.1, 0.15) is 18.9 Å². The van der Waals surface area contributed by atoms with E-state index in [4.69, 9.17) is 4.74 Å². The molecule has 1 rings (SSSR count). The van der Waals surface area contributed by atoms with Gasteiger partial charge in [-0.25, -0.2) is 9.18 Å². The number of rotatable bonds is 5. The van der Waals surface area contributed by atoms with Crippen LogP contribution in [-0.2, 0) is 14.3 Å². The van der Waals surface area contributed by atoms with Crippen LogP contribution in [0.5, 0.6) is 0 Å². The standard InChI is InChI=1S/C14H16FNO3/c1-3-4-5-14(18)19-9-13(17)16-11-7-6-10(2)12(15)8-11/h4-8H,3,9H2,1-2H3,(H,16,17)/b5-4+. The zero-order valence-corrected chi connectivity index (χ0v) is 10.9. The van der Waals surface area contributed by atoms with Gasteiger partial charge in [0.25, 0.3) is 5.91 Å². The first kappa shape index (κ1) is 14.9. The monoisotopic (exact) mass is 265 g/mol. The van der Waals surface area contributed by atoms with Crippen molar-refractivity contribution in [2.75, 3.05) is 11.9 Å². The van der Waals surface area contributed by atoms with E-state index < -0.39 is 24.3 Å². The molecule has 0 spiro atoms. The molecule has 19 heavy (non-hydrogen) atoms. The molecule has 0 fully saturated rings. The van der Waals surface area contributed by atoms with Crippen LogP contribution in [-0.4, -0.2) is 18.5 Å². The molecule has 0 atom stereocenters. The van der Waals surface area contributed by atoms with E-state index >= 15 is 0 Å². The second-order valence-corrected chi connectivity index (χ2v) is 3.93. The lowest BCUT2D eigenvalue weighted by atomic mass is 10.2. The average Bonchev–Trinajstić information content (AvgIpc) is 2.38. The lowest BCUT2D eigenvalue weighted by Crippen LogP contribution is -2.20. The van der Waals surface area contributed by atoms with Gasteiger partial charge >= 0.3 is 5.97 Å². The third-order valence-electron chi connectivity index (χ3n) is 2.29. The number of amides is 1. The average molecular weight is 265 g/mol. The van der Waals surface area contributed by atoms with Crippen LogP contribution >= 0.6 is 0 Å². The van der Waals surface area contributed by atoms with E-state index in [1.165, 1.54) is 12.1 Å². The number of hydrogen-bond donors (Lipinski definition) is 1. The van der Waals surface area contributed by atoms with Crippen molar-refractivity contribution in [2.45, 2.75) is 20.3 Å². The molecule has 0 radical (unpaired) electrons. The number of esters is 1. The number of allylic oxidation sites excluding steroid dienone is 1. The molecule has 0 saturated heterocycles. The fourth-order valence-electron chi connectivity index (χ4n) is 1.27. The molecule has 0 unspecified atom stereocenters. The summed E-state index contributed by atoms with van der Waals surface area (Å²) in [5, 5.41) is 2.44. The van der Waals surface area contributed by atoms with Crippen molar-refractivity contribution in [3.8, 4) is 0 Å². The summed E-state index contributed by atoms with van der Waals surface area (Å²) in [6, 6.07) is 4.35. The van der Waals surface area contributed by atoms with Gasteiger partial charge in [0.15, 0.2) is 6.61 Å². The molecule has 4 nitrogen and oxygen atoms in total. The van der Waals surface area contributed by atoms with Crippen LogP contribution in [0, 0.1) is 12.7 Å². The SMILES string of the molecule is CC/C=C/C(=O)OCC(=O)Nc1ccc(C)c(F)c1. The lowest BCUT2D eigenvalue weighted by molar-refractivity contribution is -0.142. The number of hydrogen-bond acceptors (Lipinski definition) is 3. The summed E-state index contributed by atoms with van der Waals surface area (Å²) < 4.78 is 17.9. The number of nitrogens with one attached hydrogen (secondary N) is 1. The highest BCUT2D eigenvalue weighted by Crippen LogP contribution is 2.13.